The predicted octanol–water partition coefficient (Wildman–Crippen LogP) is 2.80. The minimum Gasteiger partial charge on any atom is -0.126 e. The van der Waals surface area contributed by atoms with Gasteiger partial charge in [0.25, 0.3) is 0 Å². The maximum atomic E-state index is 5.58. The van der Waals surface area contributed by atoms with Gasteiger partial charge in [-0.3, -0.25) is 0 Å². The molecule has 0 radical (unpaired) electrons. The van der Waals surface area contributed by atoms with Gasteiger partial charge in [0.1, 0.15) is 0 Å². The largest absolute Gasteiger partial charge is 0.126 e. The molecule has 2 heteroatoms. The molecule has 8 heavy (non-hydrogen) atoms. The second-order valence-corrected chi connectivity index (χ2v) is 2.65. The molecule has 0 bridgehead atoms. The van der Waals surface area contributed by atoms with E-state index in [0.29, 0.717) is 5.88 Å². The predicted molar refractivity (Wildman–Crippen MR) is 39.8 cm³/mol. The van der Waals surface area contributed by atoms with Crippen molar-refractivity contribution in [3.8, 4) is 0 Å². The highest BCUT2D eigenvalue weighted by molar-refractivity contribution is 6.21. The maximum absolute atomic E-state index is 5.58. The topological polar surface area (TPSA) is 0 Å². The molecule has 0 aliphatic rings. The number of rotatable bonds is 3. The number of hydrogen-bond donors (Lipinski definition) is 0. The van der Waals surface area contributed by atoms with Crippen LogP contribution in [0.1, 0.15) is 13.3 Å². The molecule has 48 valence electrons. The molecule has 0 aromatic carbocycles. The van der Waals surface area contributed by atoms with Gasteiger partial charge >= 0.3 is 0 Å². The average Bonchev–Trinajstić information content (AvgIpc) is 1.66. The van der Waals surface area contributed by atoms with Crippen molar-refractivity contribution in [2.24, 2.45) is 0 Å². The Kier molecular flexibility index (Phi) is 5.67. The highest BCUT2D eigenvalue weighted by atomic mass is 35.5. The number of hydrogen-bond acceptors (Lipinski definition) is 0. The van der Waals surface area contributed by atoms with E-state index in [9.17, 15) is 0 Å². The van der Waals surface area contributed by atoms with E-state index in [4.69, 9.17) is 23.2 Å². The molecule has 1 unspecified atom stereocenters. The van der Waals surface area contributed by atoms with Crippen molar-refractivity contribution in [1.29, 1.82) is 0 Å². The molecule has 0 fully saturated rings. The fourth-order valence-electron chi connectivity index (χ4n) is 0.347. The molecule has 1 atom stereocenters. The summed E-state index contributed by atoms with van der Waals surface area (Å²) in [6.07, 6.45) is 4.84. The minimum atomic E-state index is 0.137. The van der Waals surface area contributed by atoms with E-state index in [1.807, 2.05) is 19.1 Å². The molecule has 0 aliphatic heterocycles. The van der Waals surface area contributed by atoms with Crippen molar-refractivity contribution in [2.75, 3.05) is 5.88 Å². The van der Waals surface area contributed by atoms with E-state index < -0.39 is 0 Å². The molecule has 0 N–H and O–H groups in total. The van der Waals surface area contributed by atoms with Crippen molar-refractivity contribution in [3.05, 3.63) is 12.2 Å². The van der Waals surface area contributed by atoms with Gasteiger partial charge in [0, 0.05) is 11.3 Å². The van der Waals surface area contributed by atoms with Gasteiger partial charge in [0.15, 0.2) is 0 Å². The van der Waals surface area contributed by atoms with E-state index >= 15 is 0 Å². The lowest BCUT2D eigenvalue weighted by Gasteiger charge is -1.87. The van der Waals surface area contributed by atoms with Crippen LogP contribution in [0.4, 0.5) is 0 Å². The minimum absolute atomic E-state index is 0.137. The zero-order chi connectivity index (χ0) is 6.41. The van der Waals surface area contributed by atoms with E-state index in [1.165, 1.54) is 0 Å². The van der Waals surface area contributed by atoms with E-state index in [1.54, 1.807) is 0 Å². The molecule has 0 heterocycles. The van der Waals surface area contributed by atoms with Crippen LogP contribution in [-0.2, 0) is 0 Å². The first-order valence-corrected chi connectivity index (χ1v) is 3.61. The molecule has 0 aliphatic carbocycles. The van der Waals surface area contributed by atoms with Crippen LogP contribution in [0.5, 0.6) is 0 Å². The molecule has 0 nitrogen and oxygen atoms in total. The summed E-state index contributed by atoms with van der Waals surface area (Å²) in [5, 5.41) is 0.137. The molecule has 0 amide bonds. The van der Waals surface area contributed by atoms with Gasteiger partial charge in [-0.2, -0.15) is 0 Å². The van der Waals surface area contributed by atoms with E-state index in [-0.39, 0.29) is 5.38 Å². The Balaban J connectivity index is 3.07. The zero-order valence-corrected chi connectivity index (χ0v) is 6.41. The summed E-state index contributed by atoms with van der Waals surface area (Å²) in [6, 6.07) is 0. The Morgan fingerprint density at radius 2 is 2.25 bits per heavy atom. The third kappa shape index (κ3) is 6.32. The van der Waals surface area contributed by atoms with Crippen LogP contribution in [0.15, 0.2) is 12.2 Å². The highest BCUT2D eigenvalue weighted by Crippen LogP contribution is 1.96. The fourth-order valence-corrected chi connectivity index (χ4v) is 0.576. The quantitative estimate of drug-likeness (QED) is 0.432. The smallest absolute Gasteiger partial charge is 0.0487 e. The lowest BCUT2D eigenvalue weighted by Crippen LogP contribution is -1.80. The van der Waals surface area contributed by atoms with Crippen molar-refractivity contribution in [2.45, 2.75) is 18.7 Å². The first kappa shape index (κ1) is 8.32. The second-order valence-electron chi connectivity index (χ2n) is 1.58. The lowest BCUT2D eigenvalue weighted by molar-refractivity contribution is 1.17. The number of halogens is 2. The lowest BCUT2D eigenvalue weighted by atomic mass is 10.3. The van der Waals surface area contributed by atoms with Crippen LogP contribution in [0.2, 0.25) is 0 Å². The molecule has 0 saturated heterocycles. The van der Waals surface area contributed by atoms with Crippen LogP contribution < -0.4 is 0 Å². The average molecular weight is 153 g/mol. The first-order chi connectivity index (χ1) is 3.77. The van der Waals surface area contributed by atoms with Crippen LogP contribution in [-0.4, -0.2) is 11.3 Å². The summed E-state index contributed by atoms with van der Waals surface area (Å²) in [7, 11) is 0. The van der Waals surface area contributed by atoms with Crippen LogP contribution in [0.3, 0.4) is 0 Å². The summed E-state index contributed by atoms with van der Waals surface area (Å²) < 4.78 is 0. The number of alkyl halides is 2. The normalized spacial score (nSPS) is 14.9. The van der Waals surface area contributed by atoms with Gasteiger partial charge < -0.3 is 0 Å². The monoisotopic (exact) mass is 152 g/mol. The van der Waals surface area contributed by atoms with E-state index in [0.717, 1.165) is 6.42 Å². The molecule has 0 saturated carbocycles. The third-order valence-electron chi connectivity index (χ3n) is 0.677. The third-order valence-corrected chi connectivity index (χ3v) is 1.04. The van der Waals surface area contributed by atoms with Gasteiger partial charge in [0.05, 0.1) is 0 Å². The highest BCUT2D eigenvalue weighted by Gasteiger charge is 1.83. The van der Waals surface area contributed by atoms with Gasteiger partial charge in [0.2, 0.25) is 0 Å². The molecular formula is C6H10Cl2. The second kappa shape index (κ2) is 5.46. The SMILES string of the molecule is CC(Cl)/C=C\CCCl. The Morgan fingerprint density at radius 3 is 2.62 bits per heavy atom. The molecule has 0 aromatic rings. The standard InChI is InChI=1S/C6H10Cl2/c1-6(8)4-2-3-5-7/h2,4,6H,3,5H2,1H3/b4-2-. The maximum Gasteiger partial charge on any atom is 0.0487 e. The Labute approximate surface area is 60.5 Å². The van der Waals surface area contributed by atoms with Crippen molar-refractivity contribution >= 4 is 23.2 Å². The van der Waals surface area contributed by atoms with Crippen molar-refractivity contribution in [1.82, 2.24) is 0 Å². The van der Waals surface area contributed by atoms with Gasteiger partial charge in [-0.25, -0.2) is 0 Å². The van der Waals surface area contributed by atoms with Crippen LogP contribution >= 0.6 is 23.2 Å². The molecular weight excluding hydrogens is 143 g/mol. The molecule has 0 rings (SSSR count). The van der Waals surface area contributed by atoms with Gasteiger partial charge in [-0.15, -0.1) is 23.2 Å². The van der Waals surface area contributed by atoms with Gasteiger partial charge in [-0.05, 0) is 13.3 Å². The molecule has 0 spiro atoms. The first-order valence-electron chi connectivity index (χ1n) is 2.64. The fraction of sp³-hybridized carbons (Fsp3) is 0.667. The van der Waals surface area contributed by atoms with Gasteiger partial charge in [-0.1, -0.05) is 12.2 Å². The Morgan fingerprint density at radius 1 is 1.62 bits per heavy atom. The summed E-state index contributed by atoms with van der Waals surface area (Å²) in [6.45, 7) is 1.92. The summed E-state index contributed by atoms with van der Waals surface area (Å²) in [5.41, 5.74) is 0. The van der Waals surface area contributed by atoms with Crippen molar-refractivity contribution < 1.29 is 0 Å². The van der Waals surface area contributed by atoms with Crippen molar-refractivity contribution in [3.63, 3.8) is 0 Å². The summed E-state index contributed by atoms with van der Waals surface area (Å²) >= 11 is 11.0. The van der Waals surface area contributed by atoms with E-state index in [2.05, 4.69) is 0 Å². The van der Waals surface area contributed by atoms with Crippen LogP contribution in [0, 0.1) is 0 Å². The number of allylic oxidation sites excluding steroid dienone is 2. The van der Waals surface area contributed by atoms with Crippen LogP contribution in [0.25, 0.3) is 0 Å². The Hall–Kier alpha value is 0.320. The summed E-state index contributed by atoms with van der Waals surface area (Å²) in [4.78, 5) is 0. The summed E-state index contributed by atoms with van der Waals surface area (Å²) in [5.74, 6) is 0.681. The molecule has 0 aromatic heterocycles. The Bertz CT molecular complexity index is 66.9. The zero-order valence-electron chi connectivity index (χ0n) is 4.90.